The molecule has 0 aromatic heterocycles. The van der Waals surface area contributed by atoms with Gasteiger partial charge in [0.1, 0.15) is 0 Å². The zero-order valence-corrected chi connectivity index (χ0v) is 13.1. The van der Waals surface area contributed by atoms with Crippen molar-refractivity contribution < 1.29 is 9.90 Å². The number of hydrogen-bond donors (Lipinski definition) is 1. The van der Waals surface area contributed by atoms with Crippen molar-refractivity contribution in [3.63, 3.8) is 0 Å². The Morgan fingerprint density at radius 1 is 1.24 bits per heavy atom. The van der Waals surface area contributed by atoms with Gasteiger partial charge in [0.25, 0.3) is 0 Å². The predicted molar refractivity (Wildman–Crippen MR) is 85.6 cm³/mol. The first-order valence-electron chi connectivity index (χ1n) is 6.86. The maximum Gasteiger partial charge on any atom is 0.246 e. The molecule has 0 radical (unpaired) electrons. The number of carbonyl (C=O) groups excluding carboxylic acids is 1. The number of carbonyl (C=O) groups is 1. The number of nitrogens with zero attached hydrogens (tertiary/aromatic N) is 2. The van der Waals surface area contributed by atoms with E-state index in [1.807, 2.05) is 6.07 Å². The number of aliphatic hydroxyl groups is 1. The minimum atomic E-state index is -0.0327. The Labute approximate surface area is 134 Å². The summed E-state index contributed by atoms with van der Waals surface area (Å²) in [5.74, 6) is -0.0327. The molecule has 0 atom stereocenters. The highest BCUT2D eigenvalue weighted by atomic mass is 35.5. The Morgan fingerprint density at radius 2 is 1.95 bits per heavy atom. The highest BCUT2D eigenvalue weighted by Gasteiger charge is 2.18. The van der Waals surface area contributed by atoms with Crippen molar-refractivity contribution in [2.45, 2.75) is 0 Å². The van der Waals surface area contributed by atoms with E-state index in [1.54, 1.807) is 23.1 Å². The quantitative estimate of drug-likeness (QED) is 0.861. The molecule has 1 amide bonds. The molecule has 1 aliphatic rings. The van der Waals surface area contributed by atoms with Crippen LogP contribution >= 0.6 is 23.2 Å². The van der Waals surface area contributed by atoms with Gasteiger partial charge in [0, 0.05) is 38.8 Å². The summed E-state index contributed by atoms with van der Waals surface area (Å²) in [6.45, 7) is 3.74. The number of β-amino-alcohol motifs (C(OH)–C–C–N with tert-alkyl or cyclic N) is 1. The zero-order valence-electron chi connectivity index (χ0n) is 11.6. The van der Waals surface area contributed by atoms with Crippen LogP contribution in [0.5, 0.6) is 0 Å². The standard InChI is InChI=1S/C15H18Cl2N2O2/c16-13-3-1-2-12(15(13)17)4-5-14(21)19-8-6-18(7-9-19)10-11-20/h1-5,20H,6-11H2/b5-4+. The summed E-state index contributed by atoms with van der Waals surface area (Å²) in [6, 6.07) is 5.33. The highest BCUT2D eigenvalue weighted by molar-refractivity contribution is 6.42. The van der Waals surface area contributed by atoms with Gasteiger partial charge >= 0.3 is 0 Å². The van der Waals surface area contributed by atoms with Gasteiger partial charge in [-0.25, -0.2) is 0 Å². The van der Waals surface area contributed by atoms with E-state index in [4.69, 9.17) is 28.3 Å². The van der Waals surface area contributed by atoms with E-state index in [1.165, 1.54) is 6.08 Å². The fourth-order valence-corrected chi connectivity index (χ4v) is 2.62. The van der Waals surface area contributed by atoms with Crippen LogP contribution in [0.2, 0.25) is 10.0 Å². The van der Waals surface area contributed by atoms with Crippen LogP contribution in [0.15, 0.2) is 24.3 Å². The molecular weight excluding hydrogens is 311 g/mol. The van der Waals surface area contributed by atoms with Gasteiger partial charge in [-0.2, -0.15) is 0 Å². The largest absolute Gasteiger partial charge is 0.395 e. The Bertz CT molecular complexity index is 526. The van der Waals surface area contributed by atoms with Gasteiger partial charge in [-0.15, -0.1) is 0 Å². The summed E-state index contributed by atoms with van der Waals surface area (Å²) in [6.07, 6.45) is 3.22. The first-order valence-corrected chi connectivity index (χ1v) is 7.61. The lowest BCUT2D eigenvalue weighted by molar-refractivity contribution is -0.127. The summed E-state index contributed by atoms with van der Waals surface area (Å²) in [7, 11) is 0. The second-order valence-corrected chi connectivity index (χ2v) is 5.65. The number of rotatable bonds is 4. The second kappa shape index (κ2) is 7.80. The monoisotopic (exact) mass is 328 g/mol. The maximum atomic E-state index is 12.1. The minimum Gasteiger partial charge on any atom is -0.395 e. The van der Waals surface area contributed by atoms with Crippen molar-refractivity contribution in [2.24, 2.45) is 0 Å². The van der Waals surface area contributed by atoms with E-state index in [0.717, 1.165) is 18.7 Å². The predicted octanol–water partition coefficient (Wildman–Crippen LogP) is 2.14. The van der Waals surface area contributed by atoms with Gasteiger partial charge in [-0.1, -0.05) is 35.3 Å². The molecule has 6 heteroatoms. The van der Waals surface area contributed by atoms with Crippen LogP contribution < -0.4 is 0 Å². The molecule has 0 aliphatic carbocycles. The average molecular weight is 329 g/mol. The lowest BCUT2D eigenvalue weighted by Gasteiger charge is -2.33. The Morgan fingerprint density at radius 3 is 2.62 bits per heavy atom. The van der Waals surface area contributed by atoms with E-state index in [0.29, 0.717) is 29.7 Å². The third kappa shape index (κ3) is 4.45. The molecule has 1 fully saturated rings. The molecule has 21 heavy (non-hydrogen) atoms. The molecular formula is C15H18Cl2N2O2. The molecule has 114 valence electrons. The van der Waals surface area contributed by atoms with Crippen LogP contribution in [0.1, 0.15) is 5.56 Å². The molecule has 1 aromatic carbocycles. The van der Waals surface area contributed by atoms with Gasteiger partial charge < -0.3 is 10.0 Å². The van der Waals surface area contributed by atoms with Crippen LogP contribution in [0.25, 0.3) is 6.08 Å². The summed E-state index contributed by atoms with van der Waals surface area (Å²) in [4.78, 5) is 16.1. The van der Waals surface area contributed by atoms with Crippen LogP contribution in [0, 0.1) is 0 Å². The smallest absolute Gasteiger partial charge is 0.246 e. The van der Waals surface area contributed by atoms with Crippen molar-refractivity contribution in [1.29, 1.82) is 0 Å². The fraction of sp³-hybridized carbons (Fsp3) is 0.400. The molecule has 1 aromatic rings. The first-order chi connectivity index (χ1) is 10.1. The summed E-state index contributed by atoms with van der Waals surface area (Å²) in [5.41, 5.74) is 0.733. The number of hydrogen-bond acceptors (Lipinski definition) is 3. The van der Waals surface area contributed by atoms with Gasteiger partial charge in [0.2, 0.25) is 5.91 Å². The Hall–Kier alpha value is -1.07. The Kier molecular flexibility index (Phi) is 6.06. The van der Waals surface area contributed by atoms with Crippen LogP contribution in [-0.2, 0) is 4.79 Å². The van der Waals surface area contributed by atoms with E-state index in [9.17, 15) is 4.79 Å². The number of halogens is 2. The normalized spacial score (nSPS) is 16.6. The van der Waals surface area contributed by atoms with E-state index >= 15 is 0 Å². The van der Waals surface area contributed by atoms with E-state index in [2.05, 4.69) is 4.90 Å². The van der Waals surface area contributed by atoms with Crippen LogP contribution in [0.3, 0.4) is 0 Å². The number of benzene rings is 1. The molecule has 0 spiro atoms. The third-order valence-corrected chi connectivity index (χ3v) is 4.32. The number of aliphatic hydroxyl groups excluding tert-OH is 1. The van der Waals surface area contributed by atoms with Crippen molar-refractivity contribution in [2.75, 3.05) is 39.3 Å². The van der Waals surface area contributed by atoms with E-state index < -0.39 is 0 Å². The van der Waals surface area contributed by atoms with Gasteiger partial charge in [0.15, 0.2) is 0 Å². The van der Waals surface area contributed by atoms with Crippen molar-refractivity contribution in [3.8, 4) is 0 Å². The summed E-state index contributed by atoms with van der Waals surface area (Å²) >= 11 is 12.0. The third-order valence-electron chi connectivity index (χ3n) is 3.49. The summed E-state index contributed by atoms with van der Waals surface area (Å²) < 4.78 is 0. The van der Waals surface area contributed by atoms with Crippen LogP contribution in [0.4, 0.5) is 0 Å². The van der Waals surface area contributed by atoms with Gasteiger partial charge in [-0.05, 0) is 17.7 Å². The average Bonchev–Trinajstić information content (AvgIpc) is 2.49. The Balaban J connectivity index is 1.93. The number of amides is 1. The fourth-order valence-electron chi connectivity index (χ4n) is 2.25. The topological polar surface area (TPSA) is 43.8 Å². The van der Waals surface area contributed by atoms with Gasteiger partial charge in [0.05, 0.1) is 16.7 Å². The van der Waals surface area contributed by atoms with E-state index in [-0.39, 0.29) is 12.5 Å². The highest BCUT2D eigenvalue weighted by Crippen LogP contribution is 2.26. The molecule has 1 heterocycles. The second-order valence-electron chi connectivity index (χ2n) is 4.87. The maximum absolute atomic E-state index is 12.1. The molecule has 0 saturated carbocycles. The molecule has 0 unspecified atom stereocenters. The minimum absolute atomic E-state index is 0.0327. The molecule has 1 aliphatic heterocycles. The van der Waals surface area contributed by atoms with Crippen LogP contribution in [-0.4, -0.2) is 60.1 Å². The molecule has 1 N–H and O–H groups in total. The number of piperazine rings is 1. The lowest BCUT2D eigenvalue weighted by Crippen LogP contribution is -2.48. The molecule has 1 saturated heterocycles. The zero-order chi connectivity index (χ0) is 15.2. The summed E-state index contributed by atoms with van der Waals surface area (Å²) in [5, 5.41) is 9.83. The molecule has 4 nitrogen and oxygen atoms in total. The van der Waals surface area contributed by atoms with Crippen molar-refractivity contribution in [1.82, 2.24) is 9.80 Å². The van der Waals surface area contributed by atoms with Crippen molar-refractivity contribution in [3.05, 3.63) is 39.9 Å². The lowest BCUT2D eigenvalue weighted by atomic mass is 10.2. The molecule has 0 bridgehead atoms. The SMILES string of the molecule is O=C(/C=C/c1cccc(Cl)c1Cl)N1CCN(CCO)CC1. The molecule has 2 rings (SSSR count). The van der Waals surface area contributed by atoms with Gasteiger partial charge in [-0.3, -0.25) is 9.69 Å². The van der Waals surface area contributed by atoms with Crippen molar-refractivity contribution >= 4 is 35.2 Å². The first kappa shape index (κ1) is 16.3.